The van der Waals surface area contributed by atoms with Crippen LogP contribution in [0.3, 0.4) is 0 Å². The molecule has 1 amide bonds. The minimum Gasteiger partial charge on any atom is -0.454 e. The average Bonchev–Trinajstić information content (AvgIpc) is 2.79. The van der Waals surface area contributed by atoms with Crippen LogP contribution in [0.1, 0.15) is 18.1 Å². The standard InChI is InChI=1S/C24H23ClN2O5S/c1-17(27-33(30,31)21-13-11-20(25)12-14-21)24(29)32-16-23(28)26-22-10-6-5-9-19(22)15-18-7-3-2-4-8-18/h2-14,17,27H,15-16H2,1H3,(H,26,28). The Hall–Kier alpha value is -3.20. The van der Waals surface area contributed by atoms with Crippen molar-refractivity contribution in [1.82, 2.24) is 4.72 Å². The number of hydrogen-bond acceptors (Lipinski definition) is 5. The Morgan fingerprint density at radius 3 is 2.27 bits per heavy atom. The van der Waals surface area contributed by atoms with Gasteiger partial charge >= 0.3 is 5.97 Å². The van der Waals surface area contributed by atoms with Crippen LogP contribution in [-0.4, -0.2) is 32.9 Å². The molecule has 33 heavy (non-hydrogen) atoms. The Kier molecular flexibility index (Phi) is 8.21. The predicted octanol–water partition coefficient (Wildman–Crippen LogP) is 3.78. The number of nitrogens with one attached hydrogen (secondary N) is 2. The number of carbonyl (C=O) groups is 2. The van der Waals surface area contributed by atoms with Gasteiger partial charge < -0.3 is 10.1 Å². The minimum atomic E-state index is -3.95. The lowest BCUT2D eigenvalue weighted by molar-refractivity contribution is -0.148. The smallest absolute Gasteiger partial charge is 0.324 e. The predicted molar refractivity (Wildman–Crippen MR) is 127 cm³/mol. The highest BCUT2D eigenvalue weighted by atomic mass is 35.5. The van der Waals surface area contributed by atoms with Gasteiger partial charge in [-0.3, -0.25) is 9.59 Å². The highest BCUT2D eigenvalue weighted by Gasteiger charge is 2.23. The van der Waals surface area contributed by atoms with Crippen LogP contribution in [0.5, 0.6) is 0 Å². The highest BCUT2D eigenvalue weighted by Crippen LogP contribution is 2.19. The lowest BCUT2D eigenvalue weighted by Crippen LogP contribution is -2.40. The number of anilines is 1. The molecule has 1 unspecified atom stereocenters. The summed E-state index contributed by atoms with van der Waals surface area (Å²) in [7, 11) is -3.95. The number of amides is 1. The first kappa shape index (κ1) is 24.4. The maximum Gasteiger partial charge on any atom is 0.324 e. The van der Waals surface area contributed by atoms with E-state index >= 15 is 0 Å². The van der Waals surface area contributed by atoms with Gasteiger partial charge in [0.15, 0.2) is 6.61 Å². The monoisotopic (exact) mass is 486 g/mol. The maximum absolute atomic E-state index is 12.4. The number of halogens is 1. The van der Waals surface area contributed by atoms with Crippen LogP contribution in [0.15, 0.2) is 83.8 Å². The fourth-order valence-corrected chi connectivity index (χ4v) is 4.34. The van der Waals surface area contributed by atoms with Crippen LogP contribution < -0.4 is 10.0 Å². The second kappa shape index (κ2) is 11.1. The van der Waals surface area contributed by atoms with E-state index in [1.807, 2.05) is 42.5 Å². The molecule has 0 bridgehead atoms. The van der Waals surface area contributed by atoms with Gasteiger partial charge in [0.2, 0.25) is 10.0 Å². The number of carbonyl (C=O) groups excluding carboxylic acids is 2. The van der Waals surface area contributed by atoms with Crippen molar-refractivity contribution in [3.63, 3.8) is 0 Å². The third-order valence-corrected chi connectivity index (χ3v) is 6.49. The Balaban J connectivity index is 1.54. The van der Waals surface area contributed by atoms with Gasteiger partial charge in [-0.05, 0) is 54.8 Å². The summed E-state index contributed by atoms with van der Waals surface area (Å²) in [6, 6.07) is 21.5. The molecule has 7 nitrogen and oxygen atoms in total. The molecule has 0 spiro atoms. The number of benzene rings is 3. The minimum absolute atomic E-state index is 0.0423. The number of sulfonamides is 1. The molecule has 3 aromatic rings. The van der Waals surface area contributed by atoms with Crippen LogP contribution in [0.25, 0.3) is 0 Å². The molecular weight excluding hydrogens is 464 g/mol. The van der Waals surface area contributed by atoms with E-state index in [9.17, 15) is 18.0 Å². The average molecular weight is 487 g/mol. The molecule has 0 fully saturated rings. The summed E-state index contributed by atoms with van der Waals surface area (Å²) < 4.78 is 32.0. The summed E-state index contributed by atoms with van der Waals surface area (Å²) in [4.78, 5) is 24.5. The Labute approximate surface area is 197 Å². The normalized spacial score (nSPS) is 12.1. The van der Waals surface area contributed by atoms with Crippen LogP contribution in [-0.2, 0) is 30.8 Å². The fraction of sp³-hybridized carbons (Fsp3) is 0.167. The number of ether oxygens (including phenoxy) is 1. The Bertz CT molecular complexity index is 1220. The third kappa shape index (κ3) is 7.15. The summed E-state index contributed by atoms with van der Waals surface area (Å²) in [5, 5.41) is 3.12. The maximum atomic E-state index is 12.4. The molecule has 3 aromatic carbocycles. The van der Waals surface area contributed by atoms with Crippen molar-refractivity contribution in [1.29, 1.82) is 0 Å². The van der Waals surface area contributed by atoms with Crippen LogP contribution in [0, 0.1) is 0 Å². The van der Waals surface area contributed by atoms with Gasteiger partial charge in [-0.15, -0.1) is 0 Å². The van der Waals surface area contributed by atoms with Crippen molar-refractivity contribution in [3.05, 3.63) is 95.0 Å². The zero-order chi connectivity index (χ0) is 23.8. The second-order valence-electron chi connectivity index (χ2n) is 7.27. The van der Waals surface area contributed by atoms with E-state index in [-0.39, 0.29) is 4.90 Å². The van der Waals surface area contributed by atoms with Crippen molar-refractivity contribution < 1.29 is 22.7 Å². The van der Waals surface area contributed by atoms with Gasteiger partial charge in [0, 0.05) is 10.7 Å². The zero-order valence-corrected chi connectivity index (χ0v) is 19.4. The first-order valence-corrected chi connectivity index (χ1v) is 12.0. The molecule has 0 saturated heterocycles. The SMILES string of the molecule is CC(NS(=O)(=O)c1ccc(Cl)cc1)C(=O)OCC(=O)Nc1ccccc1Cc1ccccc1. The molecule has 0 aromatic heterocycles. The number of esters is 1. The summed E-state index contributed by atoms with van der Waals surface area (Å²) in [6.45, 7) is 0.786. The van der Waals surface area contributed by atoms with E-state index < -0.39 is 34.5 Å². The highest BCUT2D eigenvalue weighted by molar-refractivity contribution is 7.89. The number of para-hydroxylation sites is 1. The molecule has 3 rings (SSSR count). The topological polar surface area (TPSA) is 102 Å². The van der Waals surface area contributed by atoms with Gasteiger partial charge in [0.25, 0.3) is 5.91 Å². The molecule has 1 atom stereocenters. The third-order valence-electron chi connectivity index (χ3n) is 4.68. The lowest BCUT2D eigenvalue weighted by Gasteiger charge is -2.15. The molecule has 0 radical (unpaired) electrons. The van der Waals surface area contributed by atoms with E-state index in [4.69, 9.17) is 16.3 Å². The van der Waals surface area contributed by atoms with E-state index in [1.54, 1.807) is 12.1 Å². The van der Waals surface area contributed by atoms with Crippen LogP contribution in [0.4, 0.5) is 5.69 Å². The van der Waals surface area contributed by atoms with Crippen molar-refractivity contribution in [2.45, 2.75) is 24.3 Å². The van der Waals surface area contributed by atoms with Crippen LogP contribution in [0.2, 0.25) is 5.02 Å². The van der Waals surface area contributed by atoms with Gasteiger partial charge in [0.1, 0.15) is 6.04 Å². The van der Waals surface area contributed by atoms with Crippen molar-refractivity contribution >= 4 is 39.2 Å². The molecule has 2 N–H and O–H groups in total. The molecule has 0 aliphatic rings. The van der Waals surface area contributed by atoms with Crippen molar-refractivity contribution in [2.75, 3.05) is 11.9 Å². The molecule has 0 saturated carbocycles. The summed E-state index contributed by atoms with van der Waals surface area (Å²) >= 11 is 5.77. The number of rotatable bonds is 9. The molecule has 0 heterocycles. The van der Waals surface area contributed by atoms with Crippen molar-refractivity contribution in [3.8, 4) is 0 Å². The molecule has 172 valence electrons. The van der Waals surface area contributed by atoms with E-state index in [0.717, 1.165) is 11.1 Å². The first-order chi connectivity index (χ1) is 15.7. The van der Waals surface area contributed by atoms with Crippen molar-refractivity contribution in [2.24, 2.45) is 0 Å². The van der Waals surface area contributed by atoms with E-state index in [1.165, 1.54) is 31.2 Å². The first-order valence-electron chi connectivity index (χ1n) is 10.1. The number of hydrogen-bond donors (Lipinski definition) is 2. The Morgan fingerprint density at radius 2 is 1.58 bits per heavy atom. The van der Waals surface area contributed by atoms with Gasteiger partial charge in [-0.1, -0.05) is 60.1 Å². The quantitative estimate of drug-likeness (QED) is 0.448. The van der Waals surface area contributed by atoms with Crippen LogP contribution >= 0.6 is 11.6 Å². The largest absolute Gasteiger partial charge is 0.454 e. The van der Waals surface area contributed by atoms with Gasteiger partial charge in [-0.2, -0.15) is 4.72 Å². The van der Waals surface area contributed by atoms with E-state index in [0.29, 0.717) is 17.1 Å². The molecule has 0 aliphatic carbocycles. The summed E-state index contributed by atoms with van der Waals surface area (Å²) in [5.74, 6) is -1.41. The molecule has 0 aliphatic heterocycles. The summed E-state index contributed by atoms with van der Waals surface area (Å²) in [6.07, 6.45) is 0.626. The van der Waals surface area contributed by atoms with Gasteiger partial charge in [0.05, 0.1) is 4.90 Å². The fourth-order valence-electron chi connectivity index (χ4n) is 3.02. The Morgan fingerprint density at radius 1 is 0.939 bits per heavy atom. The molecule has 9 heteroatoms. The summed E-state index contributed by atoms with van der Waals surface area (Å²) in [5.41, 5.74) is 2.61. The molecular formula is C24H23ClN2O5S. The lowest BCUT2D eigenvalue weighted by atomic mass is 10.0. The second-order valence-corrected chi connectivity index (χ2v) is 9.42. The van der Waals surface area contributed by atoms with Gasteiger partial charge in [-0.25, -0.2) is 8.42 Å². The van der Waals surface area contributed by atoms with E-state index in [2.05, 4.69) is 10.0 Å². The zero-order valence-electron chi connectivity index (χ0n) is 17.8.